The van der Waals surface area contributed by atoms with E-state index in [1.807, 2.05) is 19.1 Å². The molecule has 0 atom stereocenters. The molecule has 1 aromatic heterocycles. The van der Waals surface area contributed by atoms with Gasteiger partial charge in [-0.1, -0.05) is 29.8 Å². The highest BCUT2D eigenvalue weighted by molar-refractivity contribution is 6.33. The number of aryl methyl sites for hydroxylation is 1. The van der Waals surface area contributed by atoms with E-state index < -0.39 is 5.63 Å². The number of fused-ring (bicyclic) bond motifs is 1. The highest BCUT2D eigenvalue weighted by Crippen LogP contribution is 2.32. The van der Waals surface area contributed by atoms with Gasteiger partial charge in [-0.25, -0.2) is 4.79 Å². The van der Waals surface area contributed by atoms with E-state index in [0.717, 1.165) is 10.9 Å². The Hall–Kier alpha value is -2.26. The number of aromatic hydroxyl groups is 1. The van der Waals surface area contributed by atoms with Gasteiger partial charge < -0.3 is 9.52 Å². The predicted octanol–water partition coefficient (Wildman–Crippen LogP) is 4.13. The molecular weight excluding hydrogens is 276 g/mol. The van der Waals surface area contributed by atoms with E-state index in [9.17, 15) is 9.90 Å². The number of rotatable bonds is 1. The number of benzene rings is 2. The van der Waals surface area contributed by atoms with Crippen molar-refractivity contribution in [3.63, 3.8) is 0 Å². The normalized spacial score (nSPS) is 10.9. The van der Waals surface area contributed by atoms with Gasteiger partial charge in [-0.3, -0.25) is 0 Å². The predicted molar refractivity (Wildman–Crippen MR) is 79.3 cm³/mol. The van der Waals surface area contributed by atoms with Gasteiger partial charge in [0.25, 0.3) is 0 Å². The molecule has 3 rings (SSSR count). The van der Waals surface area contributed by atoms with Crippen LogP contribution in [0.2, 0.25) is 5.02 Å². The monoisotopic (exact) mass is 286 g/mol. The molecule has 0 amide bonds. The van der Waals surface area contributed by atoms with Crippen LogP contribution in [0, 0.1) is 6.92 Å². The molecule has 1 N–H and O–H groups in total. The van der Waals surface area contributed by atoms with Crippen molar-refractivity contribution in [2.24, 2.45) is 0 Å². The maximum atomic E-state index is 12.2. The lowest BCUT2D eigenvalue weighted by atomic mass is 9.99. The fourth-order valence-electron chi connectivity index (χ4n) is 2.32. The summed E-state index contributed by atoms with van der Waals surface area (Å²) < 4.78 is 5.29. The summed E-state index contributed by atoms with van der Waals surface area (Å²) in [6.07, 6.45) is 0. The third-order valence-corrected chi connectivity index (χ3v) is 3.62. The van der Waals surface area contributed by atoms with Crippen LogP contribution in [0.5, 0.6) is 5.75 Å². The second-order valence-electron chi connectivity index (χ2n) is 4.55. The van der Waals surface area contributed by atoms with Crippen LogP contribution in [-0.4, -0.2) is 5.11 Å². The maximum Gasteiger partial charge on any atom is 0.344 e. The molecule has 3 aromatic rings. The third kappa shape index (κ3) is 1.96. The first-order valence-electron chi connectivity index (χ1n) is 6.09. The van der Waals surface area contributed by atoms with Crippen molar-refractivity contribution in [2.75, 3.05) is 0 Å². The van der Waals surface area contributed by atoms with Gasteiger partial charge in [0.1, 0.15) is 11.3 Å². The molecule has 0 bridgehead atoms. The van der Waals surface area contributed by atoms with Gasteiger partial charge in [0, 0.05) is 22.0 Å². The number of phenolic OH excluding ortho intramolecular Hbond substituents is 1. The lowest BCUT2D eigenvalue weighted by Gasteiger charge is -2.09. The molecule has 0 radical (unpaired) electrons. The van der Waals surface area contributed by atoms with Crippen molar-refractivity contribution in [1.29, 1.82) is 0 Å². The first-order chi connectivity index (χ1) is 9.58. The zero-order chi connectivity index (χ0) is 14.3. The van der Waals surface area contributed by atoms with Gasteiger partial charge in [0.15, 0.2) is 0 Å². The fraction of sp³-hybridized carbons (Fsp3) is 0.0625. The summed E-state index contributed by atoms with van der Waals surface area (Å²) in [5.41, 5.74) is 1.78. The SMILES string of the molecule is Cc1c(-c2ccccc2Cl)c(=O)oc2cc(O)ccc12. The van der Waals surface area contributed by atoms with Crippen molar-refractivity contribution in [3.8, 4) is 16.9 Å². The molecule has 2 aromatic carbocycles. The minimum absolute atomic E-state index is 0.0607. The van der Waals surface area contributed by atoms with Gasteiger partial charge in [0.2, 0.25) is 0 Å². The second-order valence-corrected chi connectivity index (χ2v) is 4.96. The van der Waals surface area contributed by atoms with Gasteiger partial charge in [0.05, 0.1) is 5.56 Å². The van der Waals surface area contributed by atoms with Crippen molar-refractivity contribution in [3.05, 3.63) is 63.5 Å². The largest absolute Gasteiger partial charge is 0.508 e. The van der Waals surface area contributed by atoms with Gasteiger partial charge in [-0.15, -0.1) is 0 Å². The van der Waals surface area contributed by atoms with Crippen molar-refractivity contribution in [2.45, 2.75) is 6.92 Å². The lowest BCUT2D eigenvalue weighted by molar-refractivity contribution is 0.473. The quantitative estimate of drug-likeness (QED) is 0.684. The molecule has 0 aliphatic carbocycles. The van der Waals surface area contributed by atoms with Crippen molar-refractivity contribution < 1.29 is 9.52 Å². The van der Waals surface area contributed by atoms with Crippen LogP contribution in [0.15, 0.2) is 51.7 Å². The number of hydrogen-bond acceptors (Lipinski definition) is 3. The summed E-state index contributed by atoms with van der Waals surface area (Å²) in [4.78, 5) is 12.2. The van der Waals surface area contributed by atoms with Gasteiger partial charge in [-0.2, -0.15) is 0 Å². The van der Waals surface area contributed by atoms with E-state index in [1.165, 1.54) is 6.07 Å². The average Bonchev–Trinajstić information content (AvgIpc) is 2.40. The third-order valence-electron chi connectivity index (χ3n) is 3.29. The Labute approximate surface area is 120 Å². The lowest BCUT2D eigenvalue weighted by Crippen LogP contribution is -2.06. The Balaban J connectivity index is 2.41. The van der Waals surface area contributed by atoms with Crippen LogP contribution >= 0.6 is 11.6 Å². The zero-order valence-electron chi connectivity index (χ0n) is 10.7. The highest BCUT2D eigenvalue weighted by Gasteiger charge is 2.15. The Morgan fingerprint density at radius 2 is 1.90 bits per heavy atom. The molecular formula is C16H11ClO3. The number of hydrogen-bond donors (Lipinski definition) is 1. The van der Waals surface area contributed by atoms with E-state index in [0.29, 0.717) is 21.7 Å². The minimum atomic E-state index is -0.464. The summed E-state index contributed by atoms with van der Waals surface area (Å²) in [6, 6.07) is 11.9. The number of phenols is 1. The fourth-order valence-corrected chi connectivity index (χ4v) is 2.55. The molecule has 1 heterocycles. The van der Waals surface area contributed by atoms with E-state index in [1.54, 1.807) is 24.3 Å². The minimum Gasteiger partial charge on any atom is -0.508 e. The Kier molecular flexibility index (Phi) is 2.99. The van der Waals surface area contributed by atoms with Crippen molar-refractivity contribution in [1.82, 2.24) is 0 Å². The number of halogens is 1. The average molecular weight is 287 g/mol. The van der Waals surface area contributed by atoms with Gasteiger partial charge >= 0.3 is 5.63 Å². The van der Waals surface area contributed by atoms with E-state index >= 15 is 0 Å². The summed E-state index contributed by atoms with van der Waals surface area (Å²) in [5, 5.41) is 10.7. The molecule has 0 fully saturated rings. The molecule has 0 aliphatic rings. The zero-order valence-corrected chi connectivity index (χ0v) is 11.4. The van der Waals surface area contributed by atoms with E-state index in [4.69, 9.17) is 16.0 Å². The molecule has 3 nitrogen and oxygen atoms in total. The van der Waals surface area contributed by atoms with Crippen LogP contribution in [0.4, 0.5) is 0 Å². The van der Waals surface area contributed by atoms with Crippen molar-refractivity contribution >= 4 is 22.6 Å². The van der Waals surface area contributed by atoms with Gasteiger partial charge in [-0.05, 0) is 30.7 Å². The molecule has 0 unspecified atom stereocenters. The molecule has 0 spiro atoms. The Morgan fingerprint density at radius 1 is 1.15 bits per heavy atom. The van der Waals surface area contributed by atoms with E-state index in [-0.39, 0.29) is 5.75 Å². The van der Waals surface area contributed by atoms with Crippen LogP contribution in [0.3, 0.4) is 0 Å². The Bertz CT molecular complexity index is 865. The molecule has 4 heteroatoms. The Morgan fingerprint density at radius 3 is 2.65 bits per heavy atom. The summed E-state index contributed by atoms with van der Waals surface area (Å²) in [7, 11) is 0. The topological polar surface area (TPSA) is 50.4 Å². The summed E-state index contributed by atoms with van der Waals surface area (Å²) in [5.74, 6) is 0.0607. The maximum absolute atomic E-state index is 12.2. The van der Waals surface area contributed by atoms with Crippen LogP contribution < -0.4 is 5.63 Å². The molecule has 0 saturated carbocycles. The molecule has 0 aliphatic heterocycles. The summed E-state index contributed by atoms with van der Waals surface area (Å²) >= 11 is 6.16. The second kappa shape index (κ2) is 4.69. The molecule has 20 heavy (non-hydrogen) atoms. The standard InChI is InChI=1S/C16H11ClO3/c1-9-11-7-6-10(18)8-14(11)20-16(19)15(9)12-4-2-3-5-13(12)17/h2-8,18H,1H3. The first kappa shape index (κ1) is 12.8. The summed E-state index contributed by atoms with van der Waals surface area (Å²) in [6.45, 7) is 1.84. The highest BCUT2D eigenvalue weighted by atomic mass is 35.5. The first-order valence-corrected chi connectivity index (χ1v) is 6.47. The smallest absolute Gasteiger partial charge is 0.344 e. The van der Waals surface area contributed by atoms with Crippen LogP contribution in [0.25, 0.3) is 22.1 Å². The van der Waals surface area contributed by atoms with E-state index in [2.05, 4.69) is 0 Å². The van der Waals surface area contributed by atoms with Crippen LogP contribution in [-0.2, 0) is 0 Å². The molecule has 100 valence electrons. The van der Waals surface area contributed by atoms with Crippen LogP contribution in [0.1, 0.15) is 5.56 Å². The molecule has 0 saturated heterocycles.